The molecule has 0 saturated carbocycles. The molecule has 2 N–H and O–H groups in total. The summed E-state index contributed by atoms with van der Waals surface area (Å²) in [7, 11) is 0. The third-order valence-corrected chi connectivity index (χ3v) is 3.86. The third kappa shape index (κ3) is 3.80. The molecule has 0 radical (unpaired) electrons. The fraction of sp³-hybridized carbons (Fsp3) is 0.429. The molecule has 1 atom stereocenters. The van der Waals surface area contributed by atoms with E-state index >= 15 is 0 Å². The van der Waals surface area contributed by atoms with Crippen LogP contribution in [0.1, 0.15) is 24.4 Å². The summed E-state index contributed by atoms with van der Waals surface area (Å²) in [5.41, 5.74) is 0.557. The number of carboxylic acids is 1. The maximum atomic E-state index is 12.1. The molecule has 108 valence electrons. The fourth-order valence-electron chi connectivity index (χ4n) is 2.16. The molecule has 1 unspecified atom stereocenters. The molecule has 1 amide bonds. The summed E-state index contributed by atoms with van der Waals surface area (Å²) in [6.45, 7) is 1.10. The van der Waals surface area contributed by atoms with Crippen LogP contribution in [0.5, 0.6) is 0 Å². The number of aliphatic carboxylic acids is 1. The molecule has 0 spiro atoms. The first kappa shape index (κ1) is 15.0. The normalized spacial score (nSPS) is 17.4. The molecule has 1 aliphatic rings. The summed E-state index contributed by atoms with van der Waals surface area (Å²) < 4.78 is 6.06. The highest BCUT2D eigenvalue weighted by Gasteiger charge is 2.27. The zero-order valence-corrected chi connectivity index (χ0v) is 12.4. The number of carboxylic acid groups (broad SMARTS) is 1. The minimum Gasteiger partial charge on any atom is -0.479 e. The van der Waals surface area contributed by atoms with Crippen LogP contribution < -0.4 is 5.32 Å². The van der Waals surface area contributed by atoms with Gasteiger partial charge in [0.2, 0.25) is 5.91 Å². The van der Waals surface area contributed by atoms with E-state index in [1.807, 2.05) is 0 Å². The Labute approximate surface area is 125 Å². The molecule has 1 aromatic rings. The van der Waals surface area contributed by atoms with E-state index < -0.39 is 12.0 Å². The van der Waals surface area contributed by atoms with Crippen molar-refractivity contribution >= 4 is 27.8 Å². The average molecular weight is 342 g/mol. The maximum Gasteiger partial charge on any atom is 0.330 e. The third-order valence-electron chi connectivity index (χ3n) is 3.33. The number of nitrogens with one attached hydrogen (secondary N) is 1. The van der Waals surface area contributed by atoms with Gasteiger partial charge in [0, 0.05) is 23.6 Å². The number of amides is 1. The maximum absolute atomic E-state index is 12.1. The predicted octanol–water partition coefficient (Wildman–Crippen LogP) is 2.12. The van der Waals surface area contributed by atoms with E-state index in [9.17, 15) is 14.7 Å². The van der Waals surface area contributed by atoms with Crippen LogP contribution in [-0.4, -0.2) is 30.2 Å². The van der Waals surface area contributed by atoms with Crippen molar-refractivity contribution in [3.05, 3.63) is 34.3 Å². The highest BCUT2D eigenvalue weighted by atomic mass is 79.9. The molecule has 1 aromatic carbocycles. The molecule has 0 aromatic heterocycles. The highest BCUT2D eigenvalue weighted by Crippen LogP contribution is 2.20. The minimum absolute atomic E-state index is 0.166. The van der Waals surface area contributed by atoms with Crippen LogP contribution >= 0.6 is 15.9 Å². The largest absolute Gasteiger partial charge is 0.479 e. The number of halogens is 1. The Morgan fingerprint density at radius 2 is 1.85 bits per heavy atom. The lowest BCUT2D eigenvalue weighted by Gasteiger charge is -2.23. The van der Waals surface area contributed by atoms with Crippen molar-refractivity contribution in [1.82, 2.24) is 5.32 Å². The van der Waals surface area contributed by atoms with Crippen molar-refractivity contribution in [3.63, 3.8) is 0 Å². The number of hydrogen-bond acceptors (Lipinski definition) is 3. The van der Waals surface area contributed by atoms with Gasteiger partial charge in [-0.05, 0) is 30.5 Å². The molecule has 2 rings (SSSR count). The van der Waals surface area contributed by atoms with E-state index in [0.29, 0.717) is 31.6 Å². The lowest BCUT2D eigenvalue weighted by molar-refractivity contribution is -0.143. The monoisotopic (exact) mass is 341 g/mol. The summed E-state index contributed by atoms with van der Waals surface area (Å²) >= 11 is 3.30. The fourth-order valence-corrected chi connectivity index (χ4v) is 2.43. The van der Waals surface area contributed by atoms with Crippen LogP contribution in [-0.2, 0) is 14.3 Å². The van der Waals surface area contributed by atoms with Crippen molar-refractivity contribution in [2.45, 2.75) is 18.9 Å². The summed E-state index contributed by atoms with van der Waals surface area (Å²) in [4.78, 5) is 23.5. The average Bonchev–Trinajstić information content (AvgIpc) is 2.46. The van der Waals surface area contributed by atoms with Gasteiger partial charge in [-0.1, -0.05) is 28.1 Å². The van der Waals surface area contributed by atoms with Gasteiger partial charge in [0.15, 0.2) is 6.04 Å². The molecule has 1 fully saturated rings. The van der Waals surface area contributed by atoms with Crippen LogP contribution in [0, 0.1) is 5.92 Å². The van der Waals surface area contributed by atoms with Gasteiger partial charge in [0.25, 0.3) is 0 Å². The molecule has 0 bridgehead atoms. The zero-order valence-electron chi connectivity index (χ0n) is 10.8. The first-order valence-electron chi connectivity index (χ1n) is 6.44. The van der Waals surface area contributed by atoms with Gasteiger partial charge >= 0.3 is 5.97 Å². The van der Waals surface area contributed by atoms with Gasteiger partial charge in [-0.15, -0.1) is 0 Å². The molecule has 1 saturated heterocycles. The summed E-state index contributed by atoms with van der Waals surface area (Å²) in [6, 6.07) is 5.87. The molecule has 1 heterocycles. The first-order valence-corrected chi connectivity index (χ1v) is 7.23. The Morgan fingerprint density at radius 3 is 2.40 bits per heavy atom. The van der Waals surface area contributed by atoms with Crippen LogP contribution in [0.25, 0.3) is 0 Å². The summed E-state index contributed by atoms with van der Waals surface area (Å²) in [6.07, 6.45) is 1.27. The molecule has 0 aliphatic carbocycles. The van der Waals surface area contributed by atoms with E-state index in [4.69, 9.17) is 4.74 Å². The second-order valence-electron chi connectivity index (χ2n) is 4.72. The number of ether oxygens (including phenoxy) is 1. The lowest BCUT2D eigenvalue weighted by Crippen LogP contribution is -2.39. The number of rotatable bonds is 4. The van der Waals surface area contributed by atoms with Crippen molar-refractivity contribution < 1.29 is 19.4 Å². The summed E-state index contributed by atoms with van der Waals surface area (Å²) in [5, 5.41) is 11.9. The second kappa shape index (κ2) is 6.85. The van der Waals surface area contributed by atoms with E-state index in [-0.39, 0.29) is 11.8 Å². The Bertz CT molecular complexity index is 482. The van der Waals surface area contributed by atoms with Crippen LogP contribution in [0.2, 0.25) is 0 Å². The van der Waals surface area contributed by atoms with Crippen molar-refractivity contribution in [1.29, 1.82) is 0 Å². The number of carbonyl (C=O) groups is 2. The first-order chi connectivity index (χ1) is 9.58. The molecule has 20 heavy (non-hydrogen) atoms. The van der Waals surface area contributed by atoms with Crippen molar-refractivity contribution in [2.75, 3.05) is 13.2 Å². The lowest BCUT2D eigenvalue weighted by atomic mass is 9.98. The molecular formula is C14H16BrNO4. The standard InChI is InChI=1S/C14H16BrNO4/c15-11-3-1-9(2-4-11)12(14(18)19)16-13(17)10-5-7-20-8-6-10/h1-4,10,12H,5-8H2,(H,16,17)(H,18,19). The smallest absolute Gasteiger partial charge is 0.330 e. The van der Waals surface area contributed by atoms with Crippen LogP contribution in [0.3, 0.4) is 0 Å². The number of benzene rings is 1. The van der Waals surface area contributed by atoms with Crippen LogP contribution in [0.4, 0.5) is 0 Å². The quantitative estimate of drug-likeness (QED) is 0.879. The molecular weight excluding hydrogens is 326 g/mol. The van der Waals surface area contributed by atoms with Gasteiger partial charge in [-0.2, -0.15) is 0 Å². The van der Waals surface area contributed by atoms with E-state index in [1.165, 1.54) is 0 Å². The predicted molar refractivity (Wildman–Crippen MR) is 76.2 cm³/mol. The number of carbonyl (C=O) groups excluding carboxylic acids is 1. The minimum atomic E-state index is -1.06. The Hall–Kier alpha value is -1.40. The Balaban J connectivity index is 2.07. The van der Waals surface area contributed by atoms with Gasteiger partial charge in [0.05, 0.1) is 0 Å². The SMILES string of the molecule is O=C(NC(C(=O)O)c1ccc(Br)cc1)C1CCOCC1. The van der Waals surface area contributed by atoms with Gasteiger partial charge in [-0.3, -0.25) is 4.79 Å². The zero-order chi connectivity index (χ0) is 14.5. The van der Waals surface area contributed by atoms with E-state index in [1.54, 1.807) is 24.3 Å². The molecule has 6 heteroatoms. The van der Waals surface area contributed by atoms with Gasteiger partial charge < -0.3 is 15.2 Å². The van der Waals surface area contributed by atoms with Gasteiger partial charge in [0.1, 0.15) is 0 Å². The van der Waals surface area contributed by atoms with Gasteiger partial charge in [-0.25, -0.2) is 4.79 Å². The van der Waals surface area contributed by atoms with E-state index in [0.717, 1.165) is 4.47 Å². The molecule has 1 aliphatic heterocycles. The molecule has 5 nitrogen and oxygen atoms in total. The van der Waals surface area contributed by atoms with Crippen molar-refractivity contribution in [2.24, 2.45) is 5.92 Å². The topological polar surface area (TPSA) is 75.6 Å². The Kier molecular flexibility index (Phi) is 5.14. The second-order valence-corrected chi connectivity index (χ2v) is 5.63. The summed E-state index contributed by atoms with van der Waals surface area (Å²) in [5.74, 6) is -1.45. The van der Waals surface area contributed by atoms with E-state index in [2.05, 4.69) is 21.2 Å². The van der Waals surface area contributed by atoms with Crippen molar-refractivity contribution in [3.8, 4) is 0 Å². The van der Waals surface area contributed by atoms with Crippen LogP contribution in [0.15, 0.2) is 28.7 Å². The highest BCUT2D eigenvalue weighted by molar-refractivity contribution is 9.10. The Morgan fingerprint density at radius 1 is 1.25 bits per heavy atom. The number of hydrogen-bond donors (Lipinski definition) is 2.